The summed E-state index contributed by atoms with van der Waals surface area (Å²) in [5.74, 6) is 7.45. The lowest BCUT2D eigenvalue weighted by atomic mass is 10.2. The maximum absolute atomic E-state index is 12.0. The van der Waals surface area contributed by atoms with E-state index in [1.54, 1.807) is 0 Å². The molecule has 0 unspecified atom stereocenters. The minimum absolute atomic E-state index is 0.123. The summed E-state index contributed by atoms with van der Waals surface area (Å²) in [4.78, 5) is 12.0. The van der Waals surface area contributed by atoms with Gasteiger partial charge >= 0.3 is 0 Å². The summed E-state index contributed by atoms with van der Waals surface area (Å²) >= 11 is 4.70. The molecule has 27 heavy (non-hydrogen) atoms. The van der Waals surface area contributed by atoms with Gasteiger partial charge in [0.25, 0.3) is 0 Å². The average molecular weight is 448 g/mol. The highest BCUT2D eigenvalue weighted by Gasteiger charge is 2.15. The minimum Gasteiger partial charge on any atom is -0.492 e. The summed E-state index contributed by atoms with van der Waals surface area (Å²) in [6.07, 6.45) is 0. The molecule has 3 aromatic rings. The summed E-state index contributed by atoms with van der Waals surface area (Å²) in [5, 5.41) is 11.5. The number of benzene rings is 2. The van der Waals surface area contributed by atoms with Gasteiger partial charge in [-0.3, -0.25) is 4.79 Å². The molecule has 140 valence electrons. The largest absolute Gasteiger partial charge is 0.492 e. The molecule has 1 amide bonds. The second kappa shape index (κ2) is 9.43. The van der Waals surface area contributed by atoms with E-state index in [2.05, 4.69) is 31.4 Å². The van der Waals surface area contributed by atoms with Crippen LogP contribution < -0.4 is 15.9 Å². The standard InChI is InChI=1S/C18H18BrN5O2S/c19-15-9-5-4-8-14(15)17-22-23-18(24(17)20)27-12-16(25)21-10-11-26-13-6-2-1-3-7-13/h1-9H,10-12,20H2,(H,21,25). The first kappa shape index (κ1) is 19.2. The zero-order chi connectivity index (χ0) is 19.1. The summed E-state index contributed by atoms with van der Waals surface area (Å²) < 4.78 is 7.79. The number of hydrogen-bond donors (Lipinski definition) is 2. The molecule has 3 N–H and O–H groups in total. The molecule has 0 saturated heterocycles. The Morgan fingerprint density at radius 2 is 1.89 bits per heavy atom. The minimum atomic E-state index is -0.123. The van der Waals surface area contributed by atoms with E-state index < -0.39 is 0 Å². The van der Waals surface area contributed by atoms with Crippen LogP contribution in [0.5, 0.6) is 5.75 Å². The normalized spacial score (nSPS) is 10.6. The second-order valence-corrected chi connectivity index (χ2v) is 7.25. The number of nitrogens with zero attached hydrogens (tertiary/aromatic N) is 3. The number of halogens is 1. The molecule has 1 heterocycles. The molecule has 7 nitrogen and oxygen atoms in total. The quantitative estimate of drug-likeness (QED) is 0.313. The maximum Gasteiger partial charge on any atom is 0.230 e. The molecule has 0 aliphatic heterocycles. The van der Waals surface area contributed by atoms with Crippen LogP contribution in [0.25, 0.3) is 11.4 Å². The summed E-state index contributed by atoms with van der Waals surface area (Å²) in [7, 11) is 0. The molecule has 9 heteroatoms. The van der Waals surface area contributed by atoms with Crippen LogP contribution in [0.4, 0.5) is 0 Å². The predicted octanol–water partition coefficient (Wildman–Crippen LogP) is 2.71. The molecule has 3 rings (SSSR count). The molecule has 0 spiro atoms. The smallest absolute Gasteiger partial charge is 0.230 e. The molecule has 0 atom stereocenters. The summed E-state index contributed by atoms with van der Waals surface area (Å²) in [5.41, 5.74) is 0.835. The van der Waals surface area contributed by atoms with Gasteiger partial charge in [-0.2, -0.15) is 0 Å². The Morgan fingerprint density at radius 1 is 1.15 bits per heavy atom. The Bertz CT molecular complexity index is 904. The van der Waals surface area contributed by atoms with E-state index in [-0.39, 0.29) is 11.7 Å². The number of ether oxygens (including phenoxy) is 1. The lowest BCUT2D eigenvalue weighted by molar-refractivity contribution is -0.118. The van der Waals surface area contributed by atoms with Crippen LogP contribution >= 0.6 is 27.7 Å². The number of carbonyl (C=O) groups is 1. The van der Waals surface area contributed by atoms with Crippen molar-refractivity contribution >= 4 is 33.6 Å². The third kappa shape index (κ3) is 5.24. The molecule has 0 saturated carbocycles. The third-order valence-corrected chi connectivity index (χ3v) is 5.18. The van der Waals surface area contributed by atoms with Crippen molar-refractivity contribution in [3.63, 3.8) is 0 Å². The van der Waals surface area contributed by atoms with E-state index >= 15 is 0 Å². The van der Waals surface area contributed by atoms with Crippen molar-refractivity contribution in [1.29, 1.82) is 0 Å². The van der Waals surface area contributed by atoms with Gasteiger partial charge < -0.3 is 15.9 Å². The van der Waals surface area contributed by atoms with Crippen molar-refractivity contribution in [1.82, 2.24) is 20.2 Å². The number of hydrogen-bond acceptors (Lipinski definition) is 6. The SMILES string of the molecule is Nn1c(SCC(=O)NCCOc2ccccc2)nnc1-c1ccccc1Br. The van der Waals surface area contributed by atoms with Crippen LogP contribution in [0.3, 0.4) is 0 Å². The third-order valence-electron chi connectivity index (χ3n) is 3.55. The van der Waals surface area contributed by atoms with Crippen LogP contribution in [0, 0.1) is 0 Å². The predicted molar refractivity (Wildman–Crippen MR) is 109 cm³/mol. The summed E-state index contributed by atoms with van der Waals surface area (Å²) in [6, 6.07) is 17.1. The van der Waals surface area contributed by atoms with E-state index in [0.29, 0.717) is 24.1 Å². The number of nitrogens with two attached hydrogens (primary N) is 1. The van der Waals surface area contributed by atoms with E-state index in [9.17, 15) is 4.79 Å². The first-order valence-electron chi connectivity index (χ1n) is 8.18. The van der Waals surface area contributed by atoms with Crippen molar-refractivity contribution in [2.45, 2.75) is 5.16 Å². The first-order chi connectivity index (χ1) is 13.1. The van der Waals surface area contributed by atoms with Gasteiger partial charge in [-0.25, -0.2) is 4.68 Å². The van der Waals surface area contributed by atoms with Gasteiger partial charge in [0, 0.05) is 10.0 Å². The van der Waals surface area contributed by atoms with Gasteiger partial charge in [0.05, 0.1) is 12.3 Å². The Kier molecular flexibility index (Phi) is 6.72. The van der Waals surface area contributed by atoms with Gasteiger partial charge in [-0.15, -0.1) is 10.2 Å². The molecule has 0 fully saturated rings. The monoisotopic (exact) mass is 447 g/mol. The van der Waals surface area contributed by atoms with Crippen molar-refractivity contribution < 1.29 is 9.53 Å². The average Bonchev–Trinajstić information content (AvgIpc) is 3.05. The Labute approximate surface area is 169 Å². The van der Waals surface area contributed by atoms with Crippen molar-refractivity contribution in [3.05, 3.63) is 59.1 Å². The molecule has 0 radical (unpaired) electrons. The van der Waals surface area contributed by atoms with Crippen LogP contribution in [-0.2, 0) is 4.79 Å². The van der Waals surface area contributed by atoms with Gasteiger partial charge in [-0.1, -0.05) is 58.0 Å². The van der Waals surface area contributed by atoms with E-state index in [1.807, 2.05) is 54.6 Å². The number of carbonyl (C=O) groups excluding carboxylic acids is 1. The van der Waals surface area contributed by atoms with Gasteiger partial charge in [0.15, 0.2) is 5.82 Å². The Hall–Kier alpha value is -2.52. The zero-order valence-electron chi connectivity index (χ0n) is 14.3. The number of nitrogens with one attached hydrogen (secondary N) is 1. The topological polar surface area (TPSA) is 95.1 Å². The molecule has 0 bridgehead atoms. The second-order valence-electron chi connectivity index (χ2n) is 5.46. The van der Waals surface area contributed by atoms with E-state index in [1.165, 1.54) is 16.4 Å². The Balaban J connectivity index is 1.46. The zero-order valence-corrected chi connectivity index (χ0v) is 16.7. The molecular weight excluding hydrogens is 430 g/mol. The highest BCUT2D eigenvalue weighted by atomic mass is 79.9. The lowest BCUT2D eigenvalue weighted by Crippen LogP contribution is -2.29. The fourth-order valence-electron chi connectivity index (χ4n) is 2.26. The van der Waals surface area contributed by atoms with E-state index in [4.69, 9.17) is 10.6 Å². The molecule has 0 aliphatic carbocycles. The van der Waals surface area contributed by atoms with Gasteiger partial charge in [-0.05, 0) is 24.3 Å². The van der Waals surface area contributed by atoms with Crippen molar-refractivity contribution in [3.8, 4) is 17.1 Å². The maximum atomic E-state index is 12.0. The molecular formula is C18H18BrN5O2S. The highest BCUT2D eigenvalue weighted by molar-refractivity contribution is 9.10. The summed E-state index contributed by atoms with van der Waals surface area (Å²) in [6.45, 7) is 0.825. The van der Waals surface area contributed by atoms with Crippen LogP contribution in [0.2, 0.25) is 0 Å². The number of aromatic nitrogens is 3. The van der Waals surface area contributed by atoms with Gasteiger partial charge in [0.2, 0.25) is 11.1 Å². The van der Waals surface area contributed by atoms with Crippen LogP contribution in [0.1, 0.15) is 0 Å². The van der Waals surface area contributed by atoms with Crippen molar-refractivity contribution in [2.24, 2.45) is 0 Å². The van der Waals surface area contributed by atoms with Crippen LogP contribution in [-0.4, -0.2) is 39.7 Å². The highest BCUT2D eigenvalue weighted by Crippen LogP contribution is 2.27. The number of thioether (sulfide) groups is 1. The first-order valence-corrected chi connectivity index (χ1v) is 9.96. The number of nitrogen functional groups attached to an aromatic ring is 1. The van der Waals surface area contributed by atoms with Gasteiger partial charge in [0.1, 0.15) is 12.4 Å². The van der Waals surface area contributed by atoms with Crippen molar-refractivity contribution in [2.75, 3.05) is 24.7 Å². The number of para-hydroxylation sites is 1. The lowest BCUT2D eigenvalue weighted by Gasteiger charge is -2.08. The van der Waals surface area contributed by atoms with Crippen LogP contribution in [0.15, 0.2) is 64.2 Å². The molecule has 0 aliphatic rings. The fourth-order valence-corrected chi connectivity index (χ4v) is 3.41. The molecule has 1 aromatic heterocycles. The van der Waals surface area contributed by atoms with E-state index in [0.717, 1.165) is 15.8 Å². The number of amides is 1. The fraction of sp³-hybridized carbons (Fsp3) is 0.167. The number of rotatable bonds is 8. The Morgan fingerprint density at radius 3 is 2.67 bits per heavy atom. The molecule has 2 aromatic carbocycles.